The van der Waals surface area contributed by atoms with E-state index in [1.165, 1.54) is 0 Å². The summed E-state index contributed by atoms with van der Waals surface area (Å²) in [6.07, 6.45) is 0.188. The standard InChI is InChI=1S/C12H15ClO2/c1-3-12(14)9(2)15-8-10-4-6-11(13)7-5-10/h4-7,9H,3,8H2,1-2H3. The summed E-state index contributed by atoms with van der Waals surface area (Å²) in [7, 11) is 0. The Labute approximate surface area is 95.2 Å². The van der Waals surface area contributed by atoms with Crippen molar-refractivity contribution in [3.63, 3.8) is 0 Å². The minimum atomic E-state index is -0.328. The van der Waals surface area contributed by atoms with Gasteiger partial charge in [0, 0.05) is 11.4 Å². The average Bonchev–Trinajstić information content (AvgIpc) is 2.26. The highest BCUT2D eigenvalue weighted by Gasteiger charge is 2.10. The predicted octanol–water partition coefficient (Wildman–Crippen LogP) is 3.22. The van der Waals surface area contributed by atoms with Crippen molar-refractivity contribution < 1.29 is 9.53 Å². The van der Waals surface area contributed by atoms with Crippen LogP contribution >= 0.6 is 11.6 Å². The Bertz CT molecular complexity index is 319. The van der Waals surface area contributed by atoms with Gasteiger partial charge in [-0.05, 0) is 24.6 Å². The van der Waals surface area contributed by atoms with Crippen LogP contribution in [0.25, 0.3) is 0 Å². The summed E-state index contributed by atoms with van der Waals surface area (Å²) >= 11 is 5.75. The number of benzene rings is 1. The van der Waals surface area contributed by atoms with Crippen molar-refractivity contribution in [2.75, 3.05) is 0 Å². The molecule has 2 nitrogen and oxygen atoms in total. The summed E-state index contributed by atoms with van der Waals surface area (Å²) in [6, 6.07) is 7.41. The maximum Gasteiger partial charge on any atom is 0.161 e. The zero-order valence-corrected chi connectivity index (χ0v) is 9.75. The van der Waals surface area contributed by atoms with Gasteiger partial charge in [0.05, 0.1) is 6.61 Å². The lowest BCUT2D eigenvalue weighted by Gasteiger charge is -2.10. The van der Waals surface area contributed by atoms with E-state index >= 15 is 0 Å². The molecular formula is C12H15ClO2. The van der Waals surface area contributed by atoms with Crippen molar-refractivity contribution in [1.82, 2.24) is 0 Å². The van der Waals surface area contributed by atoms with Crippen molar-refractivity contribution in [2.45, 2.75) is 33.0 Å². The van der Waals surface area contributed by atoms with Gasteiger partial charge in [0.25, 0.3) is 0 Å². The molecule has 0 aliphatic carbocycles. The van der Waals surface area contributed by atoms with Crippen LogP contribution in [0.4, 0.5) is 0 Å². The minimum absolute atomic E-state index is 0.129. The lowest BCUT2D eigenvalue weighted by Crippen LogP contribution is -2.19. The summed E-state index contributed by atoms with van der Waals surface area (Å²) in [5.41, 5.74) is 1.02. The van der Waals surface area contributed by atoms with E-state index in [1.807, 2.05) is 31.2 Å². The first-order valence-electron chi connectivity index (χ1n) is 5.02. The normalized spacial score (nSPS) is 12.5. The van der Waals surface area contributed by atoms with Gasteiger partial charge in [-0.15, -0.1) is 0 Å². The molecule has 0 heterocycles. The molecule has 0 saturated heterocycles. The topological polar surface area (TPSA) is 26.3 Å². The molecule has 0 fully saturated rings. The molecule has 1 unspecified atom stereocenters. The van der Waals surface area contributed by atoms with E-state index in [0.29, 0.717) is 18.1 Å². The van der Waals surface area contributed by atoms with Crippen LogP contribution in [0.15, 0.2) is 24.3 Å². The smallest absolute Gasteiger partial charge is 0.161 e. The van der Waals surface area contributed by atoms with Crippen LogP contribution in [0, 0.1) is 0 Å². The fraction of sp³-hybridized carbons (Fsp3) is 0.417. The van der Waals surface area contributed by atoms with Gasteiger partial charge in [0.2, 0.25) is 0 Å². The van der Waals surface area contributed by atoms with E-state index in [4.69, 9.17) is 16.3 Å². The molecule has 0 aromatic heterocycles. The third-order valence-electron chi connectivity index (χ3n) is 2.22. The first kappa shape index (κ1) is 12.2. The second-order valence-electron chi connectivity index (χ2n) is 3.40. The maximum atomic E-state index is 11.2. The molecule has 1 aromatic carbocycles. The van der Waals surface area contributed by atoms with Crippen LogP contribution in [-0.2, 0) is 16.1 Å². The number of halogens is 1. The maximum absolute atomic E-state index is 11.2. The lowest BCUT2D eigenvalue weighted by molar-refractivity contribution is -0.129. The number of rotatable bonds is 5. The molecule has 0 amide bonds. The van der Waals surface area contributed by atoms with Gasteiger partial charge in [0.15, 0.2) is 5.78 Å². The Morgan fingerprint density at radius 2 is 2.00 bits per heavy atom. The van der Waals surface area contributed by atoms with Crippen molar-refractivity contribution in [2.24, 2.45) is 0 Å². The van der Waals surface area contributed by atoms with Gasteiger partial charge >= 0.3 is 0 Å². The minimum Gasteiger partial charge on any atom is -0.366 e. The van der Waals surface area contributed by atoms with Gasteiger partial charge in [-0.2, -0.15) is 0 Å². The SMILES string of the molecule is CCC(=O)C(C)OCc1ccc(Cl)cc1. The Balaban J connectivity index is 2.43. The molecular weight excluding hydrogens is 212 g/mol. The Morgan fingerprint density at radius 3 is 2.53 bits per heavy atom. The molecule has 1 rings (SSSR count). The molecule has 1 aromatic rings. The average molecular weight is 227 g/mol. The molecule has 0 bridgehead atoms. The predicted molar refractivity (Wildman–Crippen MR) is 61.0 cm³/mol. The van der Waals surface area contributed by atoms with Crippen molar-refractivity contribution >= 4 is 17.4 Å². The zero-order valence-electron chi connectivity index (χ0n) is 9.00. The van der Waals surface area contributed by atoms with Crippen molar-refractivity contribution in [3.05, 3.63) is 34.9 Å². The molecule has 82 valence electrons. The van der Waals surface area contributed by atoms with Gasteiger partial charge in [-0.25, -0.2) is 0 Å². The Hall–Kier alpha value is -0.860. The number of ether oxygens (including phenoxy) is 1. The van der Waals surface area contributed by atoms with E-state index in [-0.39, 0.29) is 11.9 Å². The zero-order chi connectivity index (χ0) is 11.3. The summed E-state index contributed by atoms with van der Waals surface area (Å²) in [5, 5.41) is 0.705. The summed E-state index contributed by atoms with van der Waals surface area (Å²) in [5.74, 6) is 0.129. The number of carbonyl (C=O) groups is 1. The third-order valence-corrected chi connectivity index (χ3v) is 2.47. The van der Waals surface area contributed by atoms with Crippen LogP contribution in [0.5, 0.6) is 0 Å². The number of hydrogen-bond acceptors (Lipinski definition) is 2. The molecule has 0 N–H and O–H groups in total. The molecule has 15 heavy (non-hydrogen) atoms. The van der Waals surface area contributed by atoms with Gasteiger partial charge in [-0.1, -0.05) is 30.7 Å². The van der Waals surface area contributed by atoms with E-state index in [1.54, 1.807) is 6.92 Å². The molecule has 0 radical (unpaired) electrons. The third kappa shape index (κ3) is 4.02. The first-order chi connectivity index (χ1) is 7.13. The lowest BCUT2D eigenvalue weighted by atomic mass is 10.2. The first-order valence-corrected chi connectivity index (χ1v) is 5.40. The summed E-state index contributed by atoms with van der Waals surface area (Å²) in [4.78, 5) is 11.2. The van der Waals surface area contributed by atoms with Gasteiger partial charge in [0.1, 0.15) is 6.10 Å². The van der Waals surface area contributed by atoms with Crippen molar-refractivity contribution in [3.8, 4) is 0 Å². The second-order valence-corrected chi connectivity index (χ2v) is 3.84. The van der Waals surface area contributed by atoms with E-state index in [2.05, 4.69) is 0 Å². The van der Waals surface area contributed by atoms with E-state index < -0.39 is 0 Å². The van der Waals surface area contributed by atoms with Gasteiger partial charge < -0.3 is 4.74 Å². The van der Waals surface area contributed by atoms with E-state index in [9.17, 15) is 4.79 Å². The summed E-state index contributed by atoms with van der Waals surface area (Å²) < 4.78 is 5.43. The van der Waals surface area contributed by atoms with Crippen LogP contribution in [0.2, 0.25) is 5.02 Å². The molecule has 0 aliphatic heterocycles. The quantitative estimate of drug-likeness (QED) is 0.771. The van der Waals surface area contributed by atoms with Crippen LogP contribution < -0.4 is 0 Å². The van der Waals surface area contributed by atoms with Crippen LogP contribution in [0.1, 0.15) is 25.8 Å². The second kappa shape index (κ2) is 5.89. The van der Waals surface area contributed by atoms with Crippen molar-refractivity contribution in [1.29, 1.82) is 0 Å². The number of ketones is 1. The number of Topliss-reactive ketones (excluding diaryl/α,β-unsaturated/α-hetero) is 1. The molecule has 3 heteroatoms. The van der Waals surface area contributed by atoms with Crippen LogP contribution in [-0.4, -0.2) is 11.9 Å². The molecule has 0 spiro atoms. The Kier molecular flexibility index (Phi) is 4.79. The highest BCUT2D eigenvalue weighted by atomic mass is 35.5. The molecule has 0 saturated carbocycles. The number of hydrogen-bond donors (Lipinski definition) is 0. The van der Waals surface area contributed by atoms with Crippen LogP contribution in [0.3, 0.4) is 0 Å². The highest BCUT2D eigenvalue weighted by Crippen LogP contribution is 2.11. The Morgan fingerprint density at radius 1 is 1.40 bits per heavy atom. The van der Waals surface area contributed by atoms with Gasteiger partial charge in [-0.3, -0.25) is 4.79 Å². The fourth-order valence-electron chi connectivity index (χ4n) is 1.18. The highest BCUT2D eigenvalue weighted by molar-refractivity contribution is 6.30. The fourth-order valence-corrected chi connectivity index (χ4v) is 1.31. The molecule has 0 aliphatic rings. The largest absolute Gasteiger partial charge is 0.366 e. The summed E-state index contributed by atoms with van der Waals surface area (Å²) in [6.45, 7) is 4.07. The van der Waals surface area contributed by atoms with E-state index in [0.717, 1.165) is 5.56 Å². The molecule has 1 atom stereocenters. The monoisotopic (exact) mass is 226 g/mol. The number of carbonyl (C=O) groups excluding carboxylic acids is 1.